The van der Waals surface area contributed by atoms with Crippen molar-refractivity contribution in [3.05, 3.63) is 5.69 Å². The molecular weight excluding hydrogens is 228 g/mol. The summed E-state index contributed by atoms with van der Waals surface area (Å²) in [7, 11) is 1.95. The maximum absolute atomic E-state index is 9.62. The molecule has 0 aromatic carbocycles. The molecule has 0 radical (unpaired) electrons. The van der Waals surface area contributed by atoms with Crippen molar-refractivity contribution in [2.75, 3.05) is 23.7 Å². The molecule has 0 saturated carbocycles. The van der Waals surface area contributed by atoms with E-state index < -0.39 is 0 Å². The second-order valence-corrected chi connectivity index (χ2v) is 5.23. The zero-order chi connectivity index (χ0) is 13.3. The van der Waals surface area contributed by atoms with Crippen LogP contribution in [0.15, 0.2) is 0 Å². The standard InChI is InChI=1S/C13H24N4O/c1-4-11-12(14)13(16(3)15-11)17-7-5-10(6-8-17)9(2)18/h9-10,18H,4-8,14H2,1-3H3. The van der Waals surface area contributed by atoms with E-state index >= 15 is 0 Å². The van der Waals surface area contributed by atoms with E-state index in [9.17, 15) is 5.11 Å². The maximum Gasteiger partial charge on any atom is 0.150 e. The Morgan fingerprint density at radius 1 is 1.44 bits per heavy atom. The number of aliphatic hydroxyl groups is 1. The minimum atomic E-state index is -0.206. The topological polar surface area (TPSA) is 67.3 Å². The first-order valence-corrected chi connectivity index (χ1v) is 6.79. The molecule has 2 rings (SSSR count). The second-order valence-electron chi connectivity index (χ2n) is 5.23. The van der Waals surface area contributed by atoms with Crippen LogP contribution in [0.1, 0.15) is 32.4 Å². The van der Waals surface area contributed by atoms with E-state index in [2.05, 4.69) is 16.9 Å². The van der Waals surface area contributed by atoms with Gasteiger partial charge in [0.25, 0.3) is 0 Å². The van der Waals surface area contributed by atoms with Gasteiger partial charge in [-0.2, -0.15) is 5.10 Å². The van der Waals surface area contributed by atoms with E-state index in [-0.39, 0.29) is 6.10 Å². The van der Waals surface area contributed by atoms with Gasteiger partial charge in [-0.1, -0.05) is 6.92 Å². The third-order valence-electron chi connectivity index (χ3n) is 3.99. The molecule has 2 heterocycles. The van der Waals surface area contributed by atoms with E-state index in [1.807, 2.05) is 18.7 Å². The summed E-state index contributed by atoms with van der Waals surface area (Å²) in [5, 5.41) is 14.1. The van der Waals surface area contributed by atoms with Gasteiger partial charge in [0, 0.05) is 20.1 Å². The number of hydrogen-bond donors (Lipinski definition) is 2. The summed E-state index contributed by atoms with van der Waals surface area (Å²) >= 11 is 0. The minimum absolute atomic E-state index is 0.206. The molecule has 0 spiro atoms. The van der Waals surface area contributed by atoms with Crippen LogP contribution in [-0.4, -0.2) is 34.1 Å². The van der Waals surface area contributed by atoms with Crippen LogP contribution < -0.4 is 10.6 Å². The number of aryl methyl sites for hydroxylation is 2. The third kappa shape index (κ3) is 2.32. The number of hydrogen-bond acceptors (Lipinski definition) is 4. The highest BCUT2D eigenvalue weighted by Crippen LogP contribution is 2.30. The molecule has 1 aromatic heterocycles. The molecule has 102 valence electrons. The number of nitrogens with two attached hydrogens (primary N) is 1. The average molecular weight is 252 g/mol. The Hall–Kier alpha value is -1.23. The van der Waals surface area contributed by atoms with Crippen molar-refractivity contribution in [1.29, 1.82) is 0 Å². The quantitative estimate of drug-likeness (QED) is 0.847. The van der Waals surface area contributed by atoms with Crippen LogP contribution in [0.2, 0.25) is 0 Å². The highest BCUT2D eigenvalue weighted by molar-refractivity contribution is 5.66. The van der Waals surface area contributed by atoms with Crippen LogP contribution in [0.25, 0.3) is 0 Å². The molecule has 1 saturated heterocycles. The van der Waals surface area contributed by atoms with Gasteiger partial charge in [0.15, 0.2) is 0 Å². The molecular formula is C13H24N4O. The first-order chi connectivity index (χ1) is 8.54. The van der Waals surface area contributed by atoms with Crippen molar-refractivity contribution < 1.29 is 5.11 Å². The predicted octanol–water partition coefficient (Wildman–Crippen LogP) is 1.16. The Morgan fingerprint density at radius 3 is 2.50 bits per heavy atom. The van der Waals surface area contributed by atoms with Crippen molar-refractivity contribution in [1.82, 2.24) is 9.78 Å². The molecule has 1 aromatic rings. The Morgan fingerprint density at radius 2 is 2.06 bits per heavy atom. The lowest BCUT2D eigenvalue weighted by atomic mass is 9.92. The second kappa shape index (κ2) is 5.18. The van der Waals surface area contributed by atoms with E-state index in [1.165, 1.54) is 0 Å². The monoisotopic (exact) mass is 252 g/mol. The van der Waals surface area contributed by atoms with Crippen LogP contribution in [0.4, 0.5) is 11.5 Å². The first-order valence-electron chi connectivity index (χ1n) is 6.79. The molecule has 5 heteroatoms. The predicted molar refractivity (Wildman–Crippen MR) is 73.6 cm³/mol. The highest BCUT2D eigenvalue weighted by Gasteiger charge is 2.26. The fourth-order valence-corrected chi connectivity index (χ4v) is 2.82. The van der Waals surface area contributed by atoms with Gasteiger partial charge in [-0.3, -0.25) is 4.68 Å². The summed E-state index contributed by atoms with van der Waals surface area (Å²) in [6, 6.07) is 0. The molecule has 1 aliphatic heterocycles. The normalized spacial score (nSPS) is 19.2. The summed E-state index contributed by atoms with van der Waals surface area (Å²) < 4.78 is 1.89. The number of rotatable bonds is 3. The van der Waals surface area contributed by atoms with Gasteiger partial charge < -0.3 is 15.7 Å². The average Bonchev–Trinajstić information content (AvgIpc) is 2.64. The van der Waals surface area contributed by atoms with E-state index in [1.54, 1.807) is 0 Å². The summed E-state index contributed by atoms with van der Waals surface area (Å²) in [5.41, 5.74) is 7.96. The van der Waals surface area contributed by atoms with E-state index in [4.69, 9.17) is 5.73 Å². The molecule has 0 aliphatic carbocycles. The fraction of sp³-hybridized carbons (Fsp3) is 0.769. The Balaban J connectivity index is 2.12. The lowest BCUT2D eigenvalue weighted by Gasteiger charge is -2.34. The molecule has 3 N–H and O–H groups in total. The summed E-state index contributed by atoms with van der Waals surface area (Å²) in [4.78, 5) is 2.29. The third-order valence-corrected chi connectivity index (χ3v) is 3.99. The van der Waals surface area contributed by atoms with Crippen molar-refractivity contribution in [2.45, 2.75) is 39.2 Å². The fourth-order valence-electron chi connectivity index (χ4n) is 2.82. The largest absolute Gasteiger partial charge is 0.394 e. The van der Waals surface area contributed by atoms with Gasteiger partial charge in [-0.15, -0.1) is 0 Å². The number of aliphatic hydroxyl groups excluding tert-OH is 1. The zero-order valence-corrected chi connectivity index (χ0v) is 11.6. The van der Waals surface area contributed by atoms with Crippen LogP contribution >= 0.6 is 0 Å². The van der Waals surface area contributed by atoms with Crippen LogP contribution in [0.5, 0.6) is 0 Å². The number of piperidine rings is 1. The number of aromatic nitrogens is 2. The van der Waals surface area contributed by atoms with Crippen LogP contribution in [-0.2, 0) is 13.5 Å². The smallest absolute Gasteiger partial charge is 0.150 e. The molecule has 1 fully saturated rings. The van der Waals surface area contributed by atoms with Gasteiger partial charge in [0.1, 0.15) is 5.82 Å². The maximum atomic E-state index is 9.62. The van der Waals surface area contributed by atoms with Crippen molar-refractivity contribution >= 4 is 11.5 Å². The SMILES string of the molecule is CCc1nn(C)c(N2CCC(C(C)O)CC2)c1N. The van der Waals surface area contributed by atoms with Gasteiger partial charge in [-0.25, -0.2) is 0 Å². The number of nitrogens with zero attached hydrogens (tertiary/aromatic N) is 3. The number of nitrogen functional groups attached to an aromatic ring is 1. The van der Waals surface area contributed by atoms with Gasteiger partial charge in [-0.05, 0) is 32.1 Å². The zero-order valence-electron chi connectivity index (χ0n) is 11.6. The van der Waals surface area contributed by atoms with Crippen LogP contribution in [0, 0.1) is 5.92 Å². The molecule has 1 unspecified atom stereocenters. The molecule has 0 bridgehead atoms. The lowest BCUT2D eigenvalue weighted by Crippen LogP contribution is -2.38. The van der Waals surface area contributed by atoms with Gasteiger partial charge in [0.05, 0.1) is 17.5 Å². The molecule has 1 atom stereocenters. The van der Waals surface area contributed by atoms with E-state index in [0.29, 0.717) is 5.92 Å². The lowest BCUT2D eigenvalue weighted by molar-refractivity contribution is 0.109. The van der Waals surface area contributed by atoms with Crippen molar-refractivity contribution in [3.63, 3.8) is 0 Å². The van der Waals surface area contributed by atoms with Crippen LogP contribution in [0.3, 0.4) is 0 Å². The van der Waals surface area contributed by atoms with Gasteiger partial charge in [0.2, 0.25) is 0 Å². The summed E-state index contributed by atoms with van der Waals surface area (Å²) in [6.45, 7) is 5.85. The first kappa shape index (κ1) is 13.2. The molecule has 5 nitrogen and oxygen atoms in total. The molecule has 18 heavy (non-hydrogen) atoms. The Labute approximate surface area is 109 Å². The summed E-state index contributed by atoms with van der Waals surface area (Å²) in [5.74, 6) is 1.46. The van der Waals surface area contributed by atoms with E-state index in [0.717, 1.165) is 49.6 Å². The Bertz CT molecular complexity index is 405. The molecule has 0 amide bonds. The summed E-state index contributed by atoms with van der Waals surface area (Å²) in [6.07, 6.45) is 2.69. The van der Waals surface area contributed by atoms with Gasteiger partial charge >= 0.3 is 0 Å². The minimum Gasteiger partial charge on any atom is -0.394 e. The molecule has 1 aliphatic rings. The Kier molecular flexibility index (Phi) is 3.80. The number of anilines is 2. The van der Waals surface area contributed by atoms with Crippen molar-refractivity contribution in [2.24, 2.45) is 13.0 Å². The van der Waals surface area contributed by atoms with Crippen molar-refractivity contribution in [3.8, 4) is 0 Å². The highest BCUT2D eigenvalue weighted by atomic mass is 16.3.